The van der Waals surface area contributed by atoms with Gasteiger partial charge < -0.3 is 10.8 Å². The van der Waals surface area contributed by atoms with Crippen molar-refractivity contribution in [1.82, 2.24) is 10.2 Å². The molecule has 4 heteroatoms. The lowest BCUT2D eigenvalue weighted by molar-refractivity contribution is 0.288. The molecular weight excluding hydrogens is 202 g/mol. The number of rotatable bonds is 4. The molecule has 2 rings (SSSR count). The molecule has 4 N–H and O–H groups in total. The fourth-order valence-electron chi connectivity index (χ4n) is 1.62. The van der Waals surface area contributed by atoms with Crippen LogP contribution in [-0.2, 0) is 6.42 Å². The second-order valence-corrected chi connectivity index (χ2v) is 3.73. The van der Waals surface area contributed by atoms with E-state index >= 15 is 0 Å². The van der Waals surface area contributed by atoms with Gasteiger partial charge in [0.2, 0.25) is 0 Å². The number of aliphatic hydroxyl groups excluding tert-OH is 1. The number of hydrogen-bond donors (Lipinski definition) is 3. The molecule has 0 radical (unpaired) electrons. The van der Waals surface area contributed by atoms with Crippen LogP contribution in [0.1, 0.15) is 12.0 Å². The number of aliphatic hydroxyl groups is 1. The van der Waals surface area contributed by atoms with Crippen LogP contribution in [0.3, 0.4) is 0 Å². The minimum Gasteiger partial charge on any atom is -0.396 e. The minimum atomic E-state index is 0.235. The number of anilines is 1. The molecular formula is C12H15N3O. The summed E-state index contributed by atoms with van der Waals surface area (Å²) >= 11 is 0. The van der Waals surface area contributed by atoms with Gasteiger partial charge in [-0.3, -0.25) is 5.10 Å². The second-order valence-electron chi connectivity index (χ2n) is 3.73. The number of nitrogens with one attached hydrogen (secondary N) is 1. The van der Waals surface area contributed by atoms with Crippen molar-refractivity contribution in [1.29, 1.82) is 0 Å². The van der Waals surface area contributed by atoms with Gasteiger partial charge in [-0.2, -0.15) is 5.10 Å². The van der Waals surface area contributed by atoms with Gasteiger partial charge >= 0.3 is 0 Å². The molecule has 0 saturated heterocycles. The van der Waals surface area contributed by atoms with E-state index in [0.717, 1.165) is 24.1 Å². The Balaban J connectivity index is 2.13. The van der Waals surface area contributed by atoms with Gasteiger partial charge in [-0.05, 0) is 24.0 Å². The monoisotopic (exact) mass is 217 g/mol. The molecule has 4 nitrogen and oxygen atoms in total. The van der Waals surface area contributed by atoms with E-state index in [1.807, 2.05) is 18.2 Å². The van der Waals surface area contributed by atoms with E-state index < -0.39 is 0 Å². The number of H-pyrrole nitrogens is 1. The van der Waals surface area contributed by atoms with E-state index in [-0.39, 0.29) is 6.61 Å². The molecule has 0 spiro atoms. The lowest BCUT2D eigenvalue weighted by Gasteiger charge is -2.01. The summed E-state index contributed by atoms with van der Waals surface area (Å²) in [4.78, 5) is 0. The highest BCUT2D eigenvalue weighted by Gasteiger charge is 2.01. The molecule has 0 atom stereocenters. The Labute approximate surface area is 94.1 Å². The quantitative estimate of drug-likeness (QED) is 0.728. The van der Waals surface area contributed by atoms with Crippen molar-refractivity contribution in [3.8, 4) is 11.3 Å². The zero-order valence-corrected chi connectivity index (χ0v) is 8.98. The number of nitrogens with zero attached hydrogens (tertiary/aromatic N) is 1. The van der Waals surface area contributed by atoms with Crippen LogP contribution < -0.4 is 5.73 Å². The van der Waals surface area contributed by atoms with Crippen LogP contribution in [0.25, 0.3) is 11.3 Å². The molecule has 1 aromatic heterocycles. The molecule has 2 aromatic rings. The standard InChI is InChI=1S/C12H15N3O/c13-12-8-11(14-15-12)10-5-3-9(4-6-10)2-1-7-16/h3-6,8,16H,1-2,7H2,(H3,13,14,15). The van der Waals surface area contributed by atoms with Gasteiger partial charge in [-0.25, -0.2) is 0 Å². The van der Waals surface area contributed by atoms with E-state index in [1.54, 1.807) is 0 Å². The van der Waals surface area contributed by atoms with Gasteiger partial charge in [0.05, 0.1) is 5.69 Å². The molecule has 0 aliphatic carbocycles. The average Bonchev–Trinajstić information content (AvgIpc) is 2.74. The highest BCUT2D eigenvalue weighted by atomic mass is 16.2. The summed E-state index contributed by atoms with van der Waals surface area (Å²) in [5.41, 5.74) is 8.76. The maximum atomic E-state index is 8.74. The summed E-state index contributed by atoms with van der Waals surface area (Å²) in [6.45, 7) is 0.235. The van der Waals surface area contributed by atoms with Gasteiger partial charge in [0.1, 0.15) is 5.82 Å². The third-order valence-electron chi connectivity index (χ3n) is 2.49. The molecule has 0 saturated carbocycles. The van der Waals surface area contributed by atoms with Crippen molar-refractivity contribution >= 4 is 5.82 Å². The maximum absolute atomic E-state index is 8.74. The molecule has 1 heterocycles. The summed E-state index contributed by atoms with van der Waals surface area (Å²) < 4.78 is 0. The Hall–Kier alpha value is -1.81. The van der Waals surface area contributed by atoms with Crippen LogP contribution >= 0.6 is 0 Å². The summed E-state index contributed by atoms with van der Waals surface area (Å²) in [6, 6.07) is 9.98. The molecule has 0 fully saturated rings. The number of aromatic amines is 1. The Morgan fingerprint density at radius 1 is 1.25 bits per heavy atom. The molecule has 16 heavy (non-hydrogen) atoms. The van der Waals surface area contributed by atoms with E-state index in [0.29, 0.717) is 5.82 Å². The molecule has 0 unspecified atom stereocenters. The maximum Gasteiger partial charge on any atom is 0.145 e. The molecule has 0 amide bonds. The van der Waals surface area contributed by atoms with Crippen LogP contribution in [0.5, 0.6) is 0 Å². The van der Waals surface area contributed by atoms with Crippen molar-refractivity contribution < 1.29 is 5.11 Å². The van der Waals surface area contributed by atoms with Gasteiger partial charge in [-0.1, -0.05) is 24.3 Å². The predicted octanol–water partition coefficient (Wildman–Crippen LogP) is 1.58. The predicted molar refractivity (Wildman–Crippen MR) is 63.8 cm³/mol. The minimum absolute atomic E-state index is 0.235. The average molecular weight is 217 g/mol. The van der Waals surface area contributed by atoms with Crippen molar-refractivity contribution in [3.05, 3.63) is 35.9 Å². The fraction of sp³-hybridized carbons (Fsp3) is 0.250. The highest BCUT2D eigenvalue weighted by molar-refractivity contribution is 5.62. The van der Waals surface area contributed by atoms with Crippen LogP contribution in [0.15, 0.2) is 30.3 Å². The van der Waals surface area contributed by atoms with Crippen molar-refractivity contribution in [2.24, 2.45) is 0 Å². The van der Waals surface area contributed by atoms with Crippen LogP contribution in [-0.4, -0.2) is 21.9 Å². The summed E-state index contributed by atoms with van der Waals surface area (Å²) in [5, 5.41) is 15.5. The zero-order chi connectivity index (χ0) is 11.4. The lowest BCUT2D eigenvalue weighted by atomic mass is 10.1. The van der Waals surface area contributed by atoms with E-state index in [2.05, 4.69) is 22.3 Å². The molecule has 0 aliphatic rings. The Bertz CT molecular complexity index is 448. The van der Waals surface area contributed by atoms with Crippen LogP contribution in [0.4, 0.5) is 5.82 Å². The molecule has 84 valence electrons. The second kappa shape index (κ2) is 4.81. The lowest BCUT2D eigenvalue weighted by Crippen LogP contribution is -1.89. The largest absolute Gasteiger partial charge is 0.396 e. The third-order valence-corrected chi connectivity index (χ3v) is 2.49. The van der Waals surface area contributed by atoms with Gasteiger partial charge in [-0.15, -0.1) is 0 Å². The van der Waals surface area contributed by atoms with Gasteiger partial charge in [0, 0.05) is 12.7 Å². The van der Waals surface area contributed by atoms with Crippen molar-refractivity contribution in [2.75, 3.05) is 12.3 Å². The first-order valence-electron chi connectivity index (χ1n) is 5.30. The first kappa shape index (κ1) is 10.7. The molecule has 0 bridgehead atoms. The zero-order valence-electron chi connectivity index (χ0n) is 8.98. The summed E-state index contributed by atoms with van der Waals surface area (Å²) in [7, 11) is 0. The van der Waals surface area contributed by atoms with Gasteiger partial charge in [0.25, 0.3) is 0 Å². The molecule has 1 aromatic carbocycles. The van der Waals surface area contributed by atoms with E-state index in [1.165, 1.54) is 5.56 Å². The van der Waals surface area contributed by atoms with E-state index in [9.17, 15) is 0 Å². The summed E-state index contributed by atoms with van der Waals surface area (Å²) in [5.74, 6) is 0.499. The van der Waals surface area contributed by atoms with Crippen LogP contribution in [0.2, 0.25) is 0 Å². The SMILES string of the molecule is Nc1cc(-c2ccc(CCCO)cc2)[nH]n1. The number of benzene rings is 1. The highest BCUT2D eigenvalue weighted by Crippen LogP contribution is 2.19. The van der Waals surface area contributed by atoms with Gasteiger partial charge in [0.15, 0.2) is 0 Å². The number of hydrogen-bond acceptors (Lipinski definition) is 3. The smallest absolute Gasteiger partial charge is 0.145 e. The number of nitrogens with two attached hydrogens (primary N) is 1. The summed E-state index contributed by atoms with van der Waals surface area (Å²) in [6.07, 6.45) is 1.71. The third kappa shape index (κ3) is 2.41. The Morgan fingerprint density at radius 2 is 2.00 bits per heavy atom. The Morgan fingerprint density at radius 3 is 2.56 bits per heavy atom. The first-order chi connectivity index (χ1) is 7.79. The van der Waals surface area contributed by atoms with Crippen molar-refractivity contribution in [3.63, 3.8) is 0 Å². The molecule has 0 aliphatic heterocycles. The van der Waals surface area contributed by atoms with Crippen molar-refractivity contribution in [2.45, 2.75) is 12.8 Å². The number of nitrogen functional groups attached to an aromatic ring is 1. The van der Waals surface area contributed by atoms with E-state index in [4.69, 9.17) is 10.8 Å². The normalized spacial score (nSPS) is 10.6. The van der Waals surface area contributed by atoms with Crippen LogP contribution in [0, 0.1) is 0 Å². The first-order valence-corrected chi connectivity index (χ1v) is 5.30. The Kier molecular flexibility index (Phi) is 3.22. The number of aryl methyl sites for hydroxylation is 1. The fourth-order valence-corrected chi connectivity index (χ4v) is 1.62. The topological polar surface area (TPSA) is 74.9 Å². The number of aromatic nitrogens is 2.